The number of H-pyrrole nitrogens is 1. The highest BCUT2D eigenvalue weighted by Gasteiger charge is 2.22. The minimum atomic E-state index is -3.41. The number of aromatic nitrogens is 1. The average Bonchev–Trinajstić information content (AvgIpc) is 3.03. The van der Waals surface area contributed by atoms with Gasteiger partial charge in [0.05, 0.1) is 4.90 Å². The molecule has 1 aliphatic rings. The topological polar surface area (TPSA) is 77.2 Å². The zero-order chi connectivity index (χ0) is 15.5. The molecule has 7 heteroatoms. The van der Waals surface area contributed by atoms with Crippen LogP contribution in [0.2, 0.25) is 0 Å². The van der Waals surface area contributed by atoms with Crippen LogP contribution in [0.15, 0.2) is 17.2 Å². The summed E-state index contributed by atoms with van der Waals surface area (Å²) in [6, 6.07) is 2.06. The van der Waals surface area contributed by atoms with Crippen molar-refractivity contribution >= 4 is 10.0 Å². The predicted octanol–water partition coefficient (Wildman–Crippen LogP) is 0.743. The lowest BCUT2D eigenvalue weighted by Crippen LogP contribution is -2.30. The Labute approximate surface area is 127 Å². The third kappa shape index (κ3) is 4.81. The van der Waals surface area contributed by atoms with Crippen LogP contribution in [0.1, 0.15) is 26.0 Å². The molecule has 1 fully saturated rings. The van der Waals surface area contributed by atoms with E-state index in [1.54, 1.807) is 12.3 Å². The fourth-order valence-electron chi connectivity index (χ4n) is 2.49. The minimum absolute atomic E-state index is 0.314. The van der Waals surface area contributed by atoms with Crippen molar-refractivity contribution in [3.8, 4) is 0 Å². The molecule has 0 bridgehead atoms. The van der Waals surface area contributed by atoms with Gasteiger partial charge in [-0.05, 0) is 32.0 Å². The van der Waals surface area contributed by atoms with E-state index in [0.29, 0.717) is 29.9 Å². The summed E-state index contributed by atoms with van der Waals surface area (Å²) in [5, 5.41) is 3.26. The zero-order valence-electron chi connectivity index (χ0n) is 13.0. The van der Waals surface area contributed by atoms with Gasteiger partial charge in [0, 0.05) is 37.6 Å². The van der Waals surface area contributed by atoms with Crippen molar-refractivity contribution in [3.63, 3.8) is 0 Å². The summed E-state index contributed by atoms with van der Waals surface area (Å²) in [6.07, 6.45) is 2.61. The van der Waals surface area contributed by atoms with E-state index in [-0.39, 0.29) is 0 Å². The van der Waals surface area contributed by atoms with Crippen LogP contribution < -0.4 is 10.0 Å². The molecule has 0 radical (unpaired) electrons. The molecule has 0 amide bonds. The smallest absolute Gasteiger partial charge is 0.242 e. The van der Waals surface area contributed by atoms with Gasteiger partial charge in [0.1, 0.15) is 0 Å². The van der Waals surface area contributed by atoms with Gasteiger partial charge in [0.15, 0.2) is 0 Å². The van der Waals surface area contributed by atoms with Gasteiger partial charge in [-0.2, -0.15) is 0 Å². The largest absolute Gasteiger partial charge is 0.363 e. The van der Waals surface area contributed by atoms with Crippen molar-refractivity contribution in [2.45, 2.75) is 37.8 Å². The van der Waals surface area contributed by atoms with Crippen LogP contribution >= 0.6 is 0 Å². The molecular weight excluding hydrogens is 288 g/mol. The second-order valence-electron chi connectivity index (χ2n) is 6.17. The fraction of sp³-hybridized carbons (Fsp3) is 0.714. The molecule has 2 heterocycles. The maximum Gasteiger partial charge on any atom is 0.242 e. The molecule has 1 aromatic rings. The Kier molecular flexibility index (Phi) is 5.43. The summed E-state index contributed by atoms with van der Waals surface area (Å²) in [6.45, 7) is 7.26. The lowest BCUT2D eigenvalue weighted by Gasteiger charge is -2.11. The monoisotopic (exact) mass is 314 g/mol. The van der Waals surface area contributed by atoms with Gasteiger partial charge < -0.3 is 15.2 Å². The van der Waals surface area contributed by atoms with Crippen molar-refractivity contribution in [1.82, 2.24) is 19.9 Å². The number of hydrogen-bond donors (Lipinski definition) is 3. The lowest BCUT2D eigenvalue weighted by atomic mass is 10.1. The molecule has 0 saturated carbocycles. The summed E-state index contributed by atoms with van der Waals surface area (Å²) in [4.78, 5) is 5.55. The SMILES string of the molecule is CC(C)NCc1cc(S(=O)(=O)NCC2CCN(C)C2)c[nH]1. The first kappa shape index (κ1) is 16.5. The second-order valence-corrected chi connectivity index (χ2v) is 7.93. The number of nitrogens with one attached hydrogen (secondary N) is 3. The molecule has 1 saturated heterocycles. The van der Waals surface area contributed by atoms with E-state index in [9.17, 15) is 8.42 Å². The lowest BCUT2D eigenvalue weighted by molar-refractivity contribution is 0.394. The van der Waals surface area contributed by atoms with Gasteiger partial charge >= 0.3 is 0 Å². The van der Waals surface area contributed by atoms with Crippen molar-refractivity contribution in [3.05, 3.63) is 18.0 Å². The summed E-state index contributed by atoms with van der Waals surface area (Å²) in [5.74, 6) is 0.408. The third-order valence-electron chi connectivity index (χ3n) is 3.78. The Morgan fingerprint density at radius 1 is 1.48 bits per heavy atom. The van der Waals surface area contributed by atoms with Gasteiger partial charge in [0.2, 0.25) is 10.0 Å². The van der Waals surface area contributed by atoms with E-state index in [1.165, 1.54) is 0 Å². The van der Waals surface area contributed by atoms with Gasteiger partial charge in [-0.25, -0.2) is 13.1 Å². The van der Waals surface area contributed by atoms with E-state index >= 15 is 0 Å². The van der Waals surface area contributed by atoms with Crippen LogP contribution in [0, 0.1) is 5.92 Å². The molecule has 1 unspecified atom stereocenters. The number of aromatic amines is 1. The normalized spacial score (nSPS) is 20.5. The Morgan fingerprint density at radius 3 is 2.86 bits per heavy atom. The number of rotatable bonds is 7. The minimum Gasteiger partial charge on any atom is -0.363 e. The van der Waals surface area contributed by atoms with E-state index < -0.39 is 10.0 Å². The molecule has 120 valence electrons. The highest BCUT2D eigenvalue weighted by atomic mass is 32.2. The first-order chi connectivity index (χ1) is 9.87. The maximum absolute atomic E-state index is 12.3. The number of likely N-dealkylation sites (tertiary alicyclic amines) is 1. The summed E-state index contributed by atoms with van der Waals surface area (Å²) in [7, 11) is -1.35. The molecule has 0 aromatic carbocycles. The van der Waals surface area contributed by atoms with E-state index in [0.717, 1.165) is 25.2 Å². The summed E-state index contributed by atoms with van der Waals surface area (Å²) < 4.78 is 27.2. The fourth-order valence-corrected chi connectivity index (χ4v) is 3.63. The Bertz CT molecular complexity index is 553. The van der Waals surface area contributed by atoms with Crippen molar-refractivity contribution in [2.75, 3.05) is 26.7 Å². The number of sulfonamides is 1. The Balaban J connectivity index is 1.90. The van der Waals surface area contributed by atoms with Gasteiger partial charge in [0.25, 0.3) is 0 Å². The first-order valence-electron chi connectivity index (χ1n) is 7.45. The Hall–Kier alpha value is -0.890. The molecule has 0 spiro atoms. The van der Waals surface area contributed by atoms with Crippen LogP contribution in [0.4, 0.5) is 0 Å². The molecule has 1 aliphatic heterocycles. The van der Waals surface area contributed by atoms with Crippen LogP contribution in [-0.4, -0.2) is 51.0 Å². The van der Waals surface area contributed by atoms with Crippen molar-refractivity contribution < 1.29 is 8.42 Å². The van der Waals surface area contributed by atoms with Gasteiger partial charge in [-0.15, -0.1) is 0 Å². The Morgan fingerprint density at radius 2 is 2.24 bits per heavy atom. The van der Waals surface area contributed by atoms with Crippen LogP contribution in [0.3, 0.4) is 0 Å². The predicted molar refractivity (Wildman–Crippen MR) is 83.6 cm³/mol. The molecule has 3 N–H and O–H groups in total. The summed E-state index contributed by atoms with van der Waals surface area (Å²) in [5.41, 5.74) is 0.879. The molecule has 1 aromatic heterocycles. The molecule has 0 aliphatic carbocycles. The van der Waals surface area contributed by atoms with Crippen molar-refractivity contribution in [2.24, 2.45) is 5.92 Å². The van der Waals surface area contributed by atoms with Gasteiger partial charge in [-0.3, -0.25) is 0 Å². The quantitative estimate of drug-likeness (QED) is 0.694. The van der Waals surface area contributed by atoms with E-state index in [4.69, 9.17) is 0 Å². The molecule has 21 heavy (non-hydrogen) atoms. The van der Waals surface area contributed by atoms with Crippen LogP contribution in [0.5, 0.6) is 0 Å². The molecule has 1 atom stereocenters. The standard InChI is InChI=1S/C14H26N4O2S/c1-11(2)15-8-13-6-14(9-16-13)21(19,20)17-7-12-4-5-18(3)10-12/h6,9,11-12,15-17H,4-5,7-8,10H2,1-3H3. The van der Waals surface area contributed by atoms with E-state index in [1.807, 2.05) is 0 Å². The van der Waals surface area contributed by atoms with Crippen LogP contribution in [0.25, 0.3) is 0 Å². The maximum atomic E-state index is 12.3. The number of hydrogen-bond acceptors (Lipinski definition) is 4. The molecule has 2 rings (SSSR count). The van der Waals surface area contributed by atoms with Crippen molar-refractivity contribution in [1.29, 1.82) is 0 Å². The zero-order valence-corrected chi connectivity index (χ0v) is 13.8. The van der Waals surface area contributed by atoms with E-state index in [2.05, 4.69) is 40.8 Å². The first-order valence-corrected chi connectivity index (χ1v) is 8.94. The van der Waals surface area contributed by atoms with Gasteiger partial charge in [-0.1, -0.05) is 13.8 Å². The highest BCUT2D eigenvalue weighted by Crippen LogP contribution is 2.15. The molecule has 6 nitrogen and oxygen atoms in total. The third-order valence-corrected chi connectivity index (χ3v) is 5.18. The molecular formula is C14H26N4O2S. The highest BCUT2D eigenvalue weighted by molar-refractivity contribution is 7.89. The number of nitrogens with zero attached hydrogens (tertiary/aromatic N) is 1. The summed E-state index contributed by atoms with van der Waals surface area (Å²) >= 11 is 0. The average molecular weight is 314 g/mol. The second kappa shape index (κ2) is 6.91. The van der Waals surface area contributed by atoms with Crippen LogP contribution in [-0.2, 0) is 16.6 Å².